The van der Waals surface area contributed by atoms with Crippen molar-refractivity contribution >= 4 is 27.7 Å². The number of nitrogens with one attached hydrogen (secondary N) is 1. The van der Waals surface area contributed by atoms with Crippen molar-refractivity contribution in [2.75, 3.05) is 5.32 Å². The summed E-state index contributed by atoms with van der Waals surface area (Å²) >= 11 is 3.19. The van der Waals surface area contributed by atoms with Gasteiger partial charge in [-0.1, -0.05) is 0 Å². The molecule has 19 heavy (non-hydrogen) atoms. The molecule has 2 aromatic rings. The highest BCUT2D eigenvalue weighted by Gasteiger charge is 2.17. The number of aryl methyl sites for hydroxylation is 1. The third-order valence-electron chi connectivity index (χ3n) is 2.45. The first-order valence-corrected chi connectivity index (χ1v) is 6.34. The zero-order valence-electron chi connectivity index (χ0n) is 10.3. The van der Waals surface area contributed by atoms with Crippen molar-refractivity contribution in [3.05, 3.63) is 40.1 Å². The van der Waals surface area contributed by atoms with Gasteiger partial charge in [-0.2, -0.15) is 0 Å². The number of oxazole rings is 1. The van der Waals surface area contributed by atoms with E-state index in [4.69, 9.17) is 9.52 Å². The van der Waals surface area contributed by atoms with Crippen LogP contribution in [0.15, 0.2) is 27.3 Å². The van der Waals surface area contributed by atoms with Crippen LogP contribution in [-0.4, -0.2) is 21.0 Å². The van der Waals surface area contributed by atoms with Gasteiger partial charge in [-0.3, -0.25) is 0 Å². The summed E-state index contributed by atoms with van der Waals surface area (Å²) in [5, 5.41) is 12.1. The fourth-order valence-corrected chi connectivity index (χ4v) is 1.89. The van der Waals surface area contributed by atoms with Gasteiger partial charge in [0.25, 0.3) is 0 Å². The number of nitrogens with zero attached hydrogens (tertiary/aromatic N) is 2. The van der Waals surface area contributed by atoms with Gasteiger partial charge in [0.05, 0.1) is 6.20 Å². The van der Waals surface area contributed by atoms with Crippen LogP contribution in [-0.2, 0) is 0 Å². The number of hydrogen-bond donors (Lipinski definition) is 2. The number of aromatic carboxylic acids is 1. The summed E-state index contributed by atoms with van der Waals surface area (Å²) in [6.45, 7) is 3.62. The zero-order chi connectivity index (χ0) is 14.0. The van der Waals surface area contributed by atoms with Gasteiger partial charge in [-0.15, -0.1) is 0 Å². The predicted molar refractivity (Wildman–Crippen MR) is 72.2 cm³/mol. The fraction of sp³-hybridized carbons (Fsp3) is 0.250. The number of carboxylic acid groups (broad SMARTS) is 1. The molecule has 100 valence electrons. The molecule has 2 rings (SSSR count). The molecule has 2 heterocycles. The molecule has 0 aromatic carbocycles. The van der Waals surface area contributed by atoms with Gasteiger partial charge < -0.3 is 14.8 Å². The number of halogens is 1. The van der Waals surface area contributed by atoms with Crippen LogP contribution in [0.25, 0.3) is 0 Å². The van der Waals surface area contributed by atoms with Crippen LogP contribution in [0.1, 0.15) is 35.0 Å². The van der Waals surface area contributed by atoms with Gasteiger partial charge >= 0.3 is 5.97 Å². The minimum Gasteiger partial charge on any atom is -0.478 e. The number of anilines is 1. The van der Waals surface area contributed by atoms with Crippen molar-refractivity contribution in [2.24, 2.45) is 0 Å². The smallest absolute Gasteiger partial charge is 0.339 e. The van der Waals surface area contributed by atoms with E-state index in [2.05, 4.69) is 31.2 Å². The molecule has 0 saturated heterocycles. The van der Waals surface area contributed by atoms with Crippen molar-refractivity contribution in [3.63, 3.8) is 0 Å². The molecule has 0 aliphatic carbocycles. The Balaban J connectivity index is 2.26. The first-order valence-electron chi connectivity index (χ1n) is 5.55. The van der Waals surface area contributed by atoms with E-state index in [-0.39, 0.29) is 17.4 Å². The van der Waals surface area contributed by atoms with Crippen molar-refractivity contribution in [1.82, 2.24) is 9.97 Å². The normalized spacial score (nSPS) is 12.2. The zero-order valence-corrected chi connectivity index (χ0v) is 11.9. The molecule has 2 N–H and O–H groups in total. The van der Waals surface area contributed by atoms with Crippen LogP contribution >= 0.6 is 15.9 Å². The number of carboxylic acids is 1. The van der Waals surface area contributed by atoms with E-state index in [1.54, 1.807) is 13.1 Å². The first kappa shape index (κ1) is 13.5. The largest absolute Gasteiger partial charge is 0.478 e. The molecule has 2 aromatic heterocycles. The average molecular weight is 326 g/mol. The topological polar surface area (TPSA) is 88.2 Å². The van der Waals surface area contributed by atoms with Gasteiger partial charge in [0, 0.05) is 10.7 Å². The van der Waals surface area contributed by atoms with Crippen LogP contribution in [0.5, 0.6) is 0 Å². The van der Waals surface area contributed by atoms with Crippen molar-refractivity contribution in [3.8, 4) is 0 Å². The standard InChI is InChI=1S/C12H12BrN3O3/c1-6-4-15-11(19-6)7(2)16-10-9(12(17)18)3-8(13)5-14-10/h3-5,7H,1-2H3,(H,14,16)(H,17,18). The lowest BCUT2D eigenvalue weighted by Gasteiger charge is -2.13. The van der Waals surface area contributed by atoms with E-state index >= 15 is 0 Å². The highest BCUT2D eigenvalue weighted by molar-refractivity contribution is 9.10. The summed E-state index contributed by atoms with van der Waals surface area (Å²) in [7, 11) is 0. The van der Waals surface area contributed by atoms with Crippen LogP contribution in [0.2, 0.25) is 0 Å². The van der Waals surface area contributed by atoms with Crippen molar-refractivity contribution in [2.45, 2.75) is 19.9 Å². The predicted octanol–water partition coefficient (Wildman–Crippen LogP) is 3.01. The summed E-state index contributed by atoms with van der Waals surface area (Å²) in [4.78, 5) is 19.3. The molecule has 0 aliphatic rings. The number of rotatable bonds is 4. The van der Waals surface area contributed by atoms with Gasteiger partial charge in [0.2, 0.25) is 5.89 Å². The molecule has 0 radical (unpaired) electrons. The quantitative estimate of drug-likeness (QED) is 0.898. The maximum absolute atomic E-state index is 11.2. The molecular formula is C12H12BrN3O3. The van der Waals surface area contributed by atoms with Gasteiger partial charge in [-0.05, 0) is 35.8 Å². The minimum atomic E-state index is -1.05. The molecule has 1 atom stereocenters. The summed E-state index contributed by atoms with van der Waals surface area (Å²) in [5.74, 6) is 0.413. The molecule has 0 amide bonds. The minimum absolute atomic E-state index is 0.0875. The third kappa shape index (κ3) is 3.11. The van der Waals surface area contributed by atoms with Gasteiger partial charge in [-0.25, -0.2) is 14.8 Å². The molecule has 0 aliphatic heterocycles. The molecule has 6 nitrogen and oxygen atoms in total. The monoisotopic (exact) mass is 325 g/mol. The van der Waals surface area contributed by atoms with Crippen LogP contribution in [0, 0.1) is 6.92 Å². The molecule has 0 spiro atoms. The van der Waals surface area contributed by atoms with E-state index < -0.39 is 5.97 Å². The Hall–Kier alpha value is -1.89. The molecule has 1 unspecified atom stereocenters. The molecule has 0 bridgehead atoms. The Labute approximate surface area is 118 Å². The van der Waals surface area contributed by atoms with Gasteiger partial charge in [0.1, 0.15) is 23.2 Å². The lowest BCUT2D eigenvalue weighted by molar-refractivity contribution is 0.0697. The maximum atomic E-state index is 11.2. The van der Waals surface area contributed by atoms with E-state index in [1.807, 2.05) is 6.92 Å². The molecule has 7 heteroatoms. The van der Waals surface area contributed by atoms with Crippen LogP contribution in [0.3, 0.4) is 0 Å². The fourth-order valence-electron chi connectivity index (χ4n) is 1.56. The summed E-state index contributed by atoms with van der Waals surface area (Å²) in [6.07, 6.45) is 3.14. The van der Waals surface area contributed by atoms with Crippen LogP contribution < -0.4 is 5.32 Å². The van der Waals surface area contributed by atoms with Crippen LogP contribution in [0.4, 0.5) is 5.82 Å². The summed E-state index contributed by atoms with van der Waals surface area (Å²) in [6, 6.07) is 1.21. The summed E-state index contributed by atoms with van der Waals surface area (Å²) < 4.78 is 5.99. The second kappa shape index (κ2) is 5.40. The highest BCUT2D eigenvalue weighted by Crippen LogP contribution is 2.23. The first-order chi connectivity index (χ1) is 8.97. The average Bonchev–Trinajstić information content (AvgIpc) is 2.78. The Bertz CT molecular complexity index is 612. The maximum Gasteiger partial charge on any atom is 0.339 e. The molecular weight excluding hydrogens is 314 g/mol. The lowest BCUT2D eigenvalue weighted by Crippen LogP contribution is -2.12. The van der Waals surface area contributed by atoms with E-state index in [9.17, 15) is 4.79 Å². The van der Waals surface area contributed by atoms with Gasteiger partial charge in [0.15, 0.2) is 0 Å². The number of hydrogen-bond acceptors (Lipinski definition) is 5. The van der Waals surface area contributed by atoms with E-state index in [1.165, 1.54) is 12.3 Å². The van der Waals surface area contributed by atoms with E-state index in [0.717, 1.165) is 0 Å². The lowest BCUT2D eigenvalue weighted by atomic mass is 10.2. The second-order valence-electron chi connectivity index (χ2n) is 4.03. The summed E-state index contributed by atoms with van der Waals surface area (Å²) in [5.41, 5.74) is 0.0875. The number of pyridine rings is 1. The SMILES string of the molecule is Cc1cnc(C(C)Nc2ncc(Br)cc2C(=O)O)o1. The van der Waals surface area contributed by atoms with Crippen molar-refractivity contribution in [1.29, 1.82) is 0 Å². The second-order valence-corrected chi connectivity index (χ2v) is 4.95. The highest BCUT2D eigenvalue weighted by atomic mass is 79.9. The number of aromatic nitrogens is 2. The van der Waals surface area contributed by atoms with Crippen molar-refractivity contribution < 1.29 is 14.3 Å². The Morgan fingerprint density at radius 1 is 1.47 bits per heavy atom. The molecule has 0 saturated carbocycles. The Kier molecular flexibility index (Phi) is 3.84. The Morgan fingerprint density at radius 2 is 2.21 bits per heavy atom. The Morgan fingerprint density at radius 3 is 2.79 bits per heavy atom. The van der Waals surface area contributed by atoms with E-state index in [0.29, 0.717) is 16.1 Å². The third-order valence-corrected chi connectivity index (χ3v) is 2.88. The molecule has 0 fully saturated rings. The number of carbonyl (C=O) groups is 1.